The Balaban J connectivity index is 1.24. The minimum atomic E-state index is -1.24. The molecule has 1 aliphatic rings. The average molecular weight is 508 g/mol. The number of imidazole rings is 1. The van der Waals surface area contributed by atoms with E-state index in [9.17, 15) is 20.1 Å². The Morgan fingerprint density at radius 2 is 2.03 bits per heavy atom. The minimum Gasteiger partial charge on any atom is -0.394 e. The number of carbonyl (C=O) groups is 1. The number of nitrogens with one attached hydrogen (secondary N) is 2. The lowest BCUT2D eigenvalue weighted by molar-refractivity contribution is -0.120. The van der Waals surface area contributed by atoms with E-state index in [0.29, 0.717) is 42.2 Å². The van der Waals surface area contributed by atoms with Crippen molar-refractivity contribution in [1.29, 1.82) is 0 Å². The summed E-state index contributed by atoms with van der Waals surface area (Å²) in [5.74, 6) is 1.09. The molecule has 0 spiro atoms. The number of aliphatic hydroxyl groups excluding tert-OH is 3. The van der Waals surface area contributed by atoms with Crippen LogP contribution in [0.3, 0.4) is 0 Å². The number of ether oxygens (including phenoxy) is 1. The second-order valence-corrected chi connectivity index (χ2v) is 9.81. The lowest BCUT2D eigenvalue weighted by atomic mass is 10.1. The molecule has 5 N–H and O–H groups in total. The van der Waals surface area contributed by atoms with E-state index in [1.165, 1.54) is 17.2 Å². The molecule has 0 aromatic carbocycles. The van der Waals surface area contributed by atoms with Crippen molar-refractivity contribution in [2.75, 3.05) is 30.8 Å². The summed E-state index contributed by atoms with van der Waals surface area (Å²) in [6.45, 7) is 0.406. The van der Waals surface area contributed by atoms with E-state index >= 15 is 0 Å². The highest BCUT2D eigenvalue weighted by molar-refractivity contribution is 8.76. The van der Waals surface area contributed by atoms with Gasteiger partial charge in [-0.1, -0.05) is 16.9 Å². The van der Waals surface area contributed by atoms with Gasteiger partial charge in [0.25, 0.3) is 0 Å². The largest absolute Gasteiger partial charge is 0.394 e. The standard InChI is InChI=1S/C20H25N7O5S2/c28-9-12-16(30)17(31)20(32-12)27-11-26-15-18(24-10-25-19(15)27)23-7-6-21-13(29)4-8-33-34-14-3-1-2-5-22-14/h1-3,5,10-12,16-17,20,28,30-31H,4,6-9H2,(H,21,29)(H,23,24,25)/t12-,16-,17-,20-/m1/s1. The Morgan fingerprint density at radius 1 is 1.15 bits per heavy atom. The average Bonchev–Trinajstić information content (AvgIpc) is 3.41. The van der Waals surface area contributed by atoms with Crippen LogP contribution in [0.15, 0.2) is 42.1 Å². The van der Waals surface area contributed by atoms with Crippen molar-refractivity contribution < 1.29 is 24.9 Å². The van der Waals surface area contributed by atoms with E-state index in [-0.39, 0.29) is 5.91 Å². The van der Waals surface area contributed by atoms with Crippen LogP contribution in [0.4, 0.5) is 5.82 Å². The molecule has 1 amide bonds. The number of hydrogen-bond acceptors (Lipinski definition) is 12. The third-order valence-electron chi connectivity index (χ3n) is 5.08. The first-order chi connectivity index (χ1) is 16.6. The number of pyridine rings is 1. The topological polar surface area (TPSA) is 168 Å². The molecule has 1 aliphatic heterocycles. The third kappa shape index (κ3) is 5.76. The van der Waals surface area contributed by atoms with Crippen LogP contribution in [-0.4, -0.2) is 89.5 Å². The van der Waals surface area contributed by atoms with Crippen molar-refractivity contribution in [1.82, 2.24) is 29.8 Å². The first-order valence-electron chi connectivity index (χ1n) is 10.6. The monoisotopic (exact) mass is 507 g/mol. The zero-order valence-corrected chi connectivity index (χ0v) is 19.7. The first kappa shape index (κ1) is 24.6. The highest BCUT2D eigenvalue weighted by atomic mass is 33.1. The molecule has 3 aromatic heterocycles. The van der Waals surface area contributed by atoms with Gasteiger partial charge >= 0.3 is 0 Å². The number of fused-ring (bicyclic) bond motifs is 1. The maximum absolute atomic E-state index is 12.0. The number of anilines is 1. The van der Waals surface area contributed by atoms with Crippen molar-refractivity contribution in [3.8, 4) is 0 Å². The predicted molar refractivity (Wildman–Crippen MR) is 127 cm³/mol. The fourth-order valence-electron chi connectivity index (χ4n) is 3.38. The molecule has 0 unspecified atom stereocenters. The summed E-state index contributed by atoms with van der Waals surface area (Å²) in [4.78, 5) is 29.0. The van der Waals surface area contributed by atoms with Gasteiger partial charge in [-0.05, 0) is 22.9 Å². The van der Waals surface area contributed by atoms with Gasteiger partial charge in [-0.15, -0.1) is 0 Å². The van der Waals surface area contributed by atoms with Crippen LogP contribution in [0, 0.1) is 0 Å². The van der Waals surface area contributed by atoms with E-state index in [1.54, 1.807) is 27.8 Å². The molecule has 34 heavy (non-hydrogen) atoms. The molecule has 1 saturated heterocycles. The van der Waals surface area contributed by atoms with Crippen LogP contribution in [0.25, 0.3) is 11.2 Å². The SMILES string of the molecule is O=C(CCSSc1ccccn1)NCCNc1ncnc2c1ncn2[C@@H]1O[C@H](CO)[C@@H](O)[C@H]1O. The lowest BCUT2D eigenvalue weighted by Crippen LogP contribution is -2.33. The molecule has 0 radical (unpaired) electrons. The quantitative estimate of drug-likeness (QED) is 0.177. The Hall–Kier alpha value is -2.49. The Labute approximate surface area is 203 Å². The summed E-state index contributed by atoms with van der Waals surface area (Å²) in [7, 11) is 3.12. The molecule has 4 heterocycles. The molecule has 4 rings (SSSR count). The van der Waals surface area contributed by atoms with Gasteiger partial charge in [0, 0.05) is 31.5 Å². The highest BCUT2D eigenvalue weighted by Crippen LogP contribution is 2.32. The fraction of sp³-hybridized carbons (Fsp3) is 0.450. The van der Waals surface area contributed by atoms with Crippen molar-refractivity contribution >= 4 is 44.5 Å². The predicted octanol–water partition coefficient (Wildman–Crippen LogP) is 0.191. The summed E-state index contributed by atoms with van der Waals surface area (Å²) in [6.07, 6.45) is 0.629. The molecule has 0 saturated carbocycles. The summed E-state index contributed by atoms with van der Waals surface area (Å²) >= 11 is 0. The zero-order valence-electron chi connectivity index (χ0n) is 18.0. The van der Waals surface area contributed by atoms with Crippen LogP contribution in [-0.2, 0) is 9.53 Å². The van der Waals surface area contributed by atoms with Gasteiger partial charge in [-0.25, -0.2) is 19.9 Å². The second-order valence-electron chi connectivity index (χ2n) is 7.38. The Kier molecular flexibility index (Phi) is 8.53. The van der Waals surface area contributed by atoms with Gasteiger partial charge in [-0.3, -0.25) is 9.36 Å². The zero-order chi connectivity index (χ0) is 23.9. The summed E-state index contributed by atoms with van der Waals surface area (Å²) < 4.78 is 7.05. The number of aromatic nitrogens is 5. The van der Waals surface area contributed by atoms with Gasteiger partial charge in [0.1, 0.15) is 29.7 Å². The van der Waals surface area contributed by atoms with Crippen LogP contribution >= 0.6 is 21.6 Å². The first-order valence-corrected chi connectivity index (χ1v) is 12.9. The van der Waals surface area contributed by atoms with Gasteiger partial charge in [-0.2, -0.15) is 0 Å². The normalized spacial score (nSPS) is 22.2. The molecule has 0 bridgehead atoms. The summed E-state index contributed by atoms with van der Waals surface area (Å²) in [5.41, 5.74) is 0.855. The molecule has 182 valence electrons. The van der Waals surface area contributed by atoms with Gasteiger partial charge < -0.3 is 30.7 Å². The van der Waals surface area contributed by atoms with E-state index in [4.69, 9.17) is 4.74 Å². The Morgan fingerprint density at radius 3 is 2.79 bits per heavy atom. The van der Waals surface area contributed by atoms with Crippen LogP contribution in [0.2, 0.25) is 0 Å². The van der Waals surface area contributed by atoms with Gasteiger partial charge in [0.15, 0.2) is 23.2 Å². The smallest absolute Gasteiger partial charge is 0.220 e. The molecular weight excluding hydrogens is 482 g/mol. The minimum absolute atomic E-state index is 0.0441. The van der Waals surface area contributed by atoms with Crippen LogP contribution < -0.4 is 10.6 Å². The molecule has 0 aliphatic carbocycles. The van der Waals surface area contributed by atoms with E-state index in [1.807, 2.05) is 18.2 Å². The van der Waals surface area contributed by atoms with Crippen LogP contribution in [0.5, 0.6) is 0 Å². The van der Waals surface area contributed by atoms with Crippen molar-refractivity contribution in [2.24, 2.45) is 0 Å². The van der Waals surface area contributed by atoms with E-state index in [2.05, 4.69) is 30.6 Å². The molecule has 3 aromatic rings. The van der Waals surface area contributed by atoms with Crippen molar-refractivity contribution in [3.05, 3.63) is 37.1 Å². The fourth-order valence-corrected chi connectivity index (χ4v) is 5.25. The Bertz CT molecular complexity index is 1090. The number of hydrogen-bond donors (Lipinski definition) is 5. The van der Waals surface area contributed by atoms with E-state index in [0.717, 1.165) is 5.03 Å². The van der Waals surface area contributed by atoms with Crippen molar-refractivity contribution in [2.45, 2.75) is 36.0 Å². The maximum atomic E-state index is 12.0. The van der Waals surface area contributed by atoms with E-state index < -0.39 is 31.1 Å². The van der Waals surface area contributed by atoms with Crippen LogP contribution in [0.1, 0.15) is 12.6 Å². The number of amides is 1. The van der Waals surface area contributed by atoms with Gasteiger partial charge in [0.2, 0.25) is 5.91 Å². The highest BCUT2D eigenvalue weighted by Gasteiger charge is 2.44. The number of carbonyl (C=O) groups excluding carboxylic acids is 1. The summed E-state index contributed by atoms with van der Waals surface area (Å²) in [6, 6.07) is 5.71. The maximum Gasteiger partial charge on any atom is 0.220 e. The number of nitrogens with zero attached hydrogens (tertiary/aromatic N) is 5. The lowest BCUT2D eigenvalue weighted by Gasteiger charge is -2.16. The molecular formula is C20H25N7O5S2. The van der Waals surface area contributed by atoms with Crippen molar-refractivity contribution in [3.63, 3.8) is 0 Å². The summed E-state index contributed by atoms with van der Waals surface area (Å²) in [5, 5.41) is 36.5. The second kappa shape index (κ2) is 11.8. The number of rotatable bonds is 11. The molecule has 14 heteroatoms. The van der Waals surface area contributed by atoms with Gasteiger partial charge in [0.05, 0.1) is 12.9 Å². The molecule has 4 atom stereocenters. The number of aliphatic hydroxyl groups is 3. The molecule has 12 nitrogen and oxygen atoms in total. The third-order valence-corrected chi connectivity index (χ3v) is 7.35. The molecule has 1 fully saturated rings.